The number of ether oxygens (including phenoxy) is 1. The van der Waals surface area contributed by atoms with Crippen molar-refractivity contribution in [2.24, 2.45) is 0 Å². The normalized spacial score (nSPS) is 22.3. The summed E-state index contributed by atoms with van der Waals surface area (Å²) >= 11 is 0. The number of carbonyl (C=O) groups is 2. The van der Waals surface area contributed by atoms with Crippen LogP contribution in [0.4, 0.5) is 0 Å². The summed E-state index contributed by atoms with van der Waals surface area (Å²) in [5.41, 5.74) is 0.542. The largest absolute Gasteiger partial charge is 0.507 e. The monoisotopic (exact) mass is 395 g/mol. The minimum atomic E-state index is -0.714. The van der Waals surface area contributed by atoms with Crippen LogP contribution >= 0.6 is 0 Å². The van der Waals surface area contributed by atoms with Gasteiger partial charge in [-0.25, -0.2) is 0 Å². The summed E-state index contributed by atoms with van der Waals surface area (Å²) in [6.45, 7) is 1.82. The molecule has 2 aromatic rings. The third kappa shape index (κ3) is 3.43. The van der Waals surface area contributed by atoms with Crippen LogP contribution < -0.4 is 4.74 Å². The number of aliphatic hydroxyl groups is 1. The summed E-state index contributed by atoms with van der Waals surface area (Å²) in [5.74, 6) is 0.417. The second kappa shape index (κ2) is 7.78. The predicted molar refractivity (Wildman–Crippen MR) is 107 cm³/mol. The first-order valence-corrected chi connectivity index (χ1v) is 10.0. The second-order valence-corrected chi connectivity index (χ2v) is 7.68. The number of methoxy groups -OCH3 is 1. The fourth-order valence-electron chi connectivity index (χ4n) is 4.37. The Bertz CT molecular complexity index is 950. The number of hydrogen-bond donors (Lipinski definition) is 1. The molecule has 1 aliphatic carbocycles. The first-order valence-electron chi connectivity index (χ1n) is 10.0. The van der Waals surface area contributed by atoms with Crippen molar-refractivity contribution in [1.82, 2.24) is 4.90 Å². The quantitative estimate of drug-likeness (QED) is 0.473. The Kier molecular flexibility index (Phi) is 5.18. The van der Waals surface area contributed by atoms with Gasteiger partial charge in [-0.15, -0.1) is 0 Å². The van der Waals surface area contributed by atoms with Gasteiger partial charge in [-0.05, 0) is 56.2 Å². The van der Waals surface area contributed by atoms with Crippen LogP contribution in [0.5, 0.6) is 5.75 Å². The molecule has 1 aliphatic heterocycles. The summed E-state index contributed by atoms with van der Waals surface area (Å²) in [6.07, 6.45) is 4.89. The first kappa shape index (κ1) is 19.3. The molecule has 1 N–H and O–H groups in total. The summed E-state index contributed by atoms with van der Waals surface area (Å²) in [6, 6.07) is 9.61. The van der Waals surface area contributed by atoms with E-state index in [9.17, 15) is 14.7 Å². The molecular weight excluding hydrogens is 370 g/mol. The number of carbonyl (C=O) groups excluding carboxylic acids is 2. The topological polar surface area (TPSA) is 80.0 Å². The van der Waals surface area contributed by atoms with Crippen molar-refractivity contribution in [2.75, 3.05) is 7.11 Å². The maximum atomic E-state index is 13.0. The molecule has 4 rings (SSSR count). The molecule has 6 nitrogen and oxygen atoms in total. The van der Waals surface area contributed by atoms with E-state index >= 15 is 0 Å². The number of likely N-dealkylation sites (tertiary alicyclic amines) is 1. The smallest absolute Gasteiger partial charge is 0.296 e. The van der Waals surface area contributed by atoms with Crippen LogP contribution in [0.2, 0.25) is 0 Å². The number of Topliss-reactive ketones (excluding diaryl/α,β-unsaturated/α-hetero) is 1. The Balaban J connectivity index is 1.83. The van der Waals surface area contributed by atoms with Gasteiger partial charge in [0.2, 0.25) is 0 Å². The van der Waals surface area contributed by atoms with E-state index in [4.69, 9.17) is 9.15 Å². The molecule has 1 amide bonds. The lowest BCUT2D eigenvalue weighted by atomic mass is 9.92. The predicted octanol–water partition coefficient (Wildman–Crippen LogP) is 4.35. The van der Waals surface area contributed by atoms with Crippen molar-refractivity contribution in [3.8, 4) is 5.75 Å². The number of rotatable bonds is 4. The lowest BCUT2D eigenvalue weighted by Crippen LogP contribution is -2.40. The molecule has 1 aromatic heterocycles. The molecule has 6 heteroatoms. The summed E-state index contributed by atoms with van der Waals surface area (Å²) in [7, 11) is 1.56. The first-order chi connectivity index (χ1) is 14.0. The molecule has 2 fully saturated rings. The van der Waals surface area contributed by atoms with Gasteiger partial charge in [0, 0.05) is 11.6 Å². The molecule has 29 heavy (non-hydrogen) atoms. The van der Waals surface area contributed by atoms with Gasteiger partial charge in [-0.3, -0.25) is 9.59 Å². The van der Waals surface area contributed by atoms with Gasteiger partial charge >= 0.3 is 0 Å². The lowest BCUT2D eigenvalue weighted by Gasteiger charge is -2.34. The van der Waals surface area contributed by atoms with E-state index in [0.717, 1.165) is 32.1 Å². The van der Waals surface area contributed by atoms with Crippen molar-refractivity contribution in [1.29, 1.82) is 0 Å². The van der Waals surface area contributed by atoms with E-state index in [0.29, 0.717) is 22.8 Å². The summed E-state index contributed by atoms with van der Waals surface area (Å²) in [5, 5.41) is 11.0. The van der Waals surface area contributed by atoms with Gasteiger partial charge in [0.05, 0.1) is 12.7 Å². The van der Waals surface area contributed by atoms with Gasteiger partial charge < -0.3 is 19.2 Å². The molecule has 1 aromatic carbocycles. The highest BCUT2D eigenvalue weighted by atomic mass is 16.5. The zero-order valence-electron chi connectivity index (χ0n) is 16.7. The van der Waals surface area contributed by atoms with Crippen LogP contribution in [0.1, 0.15) is 55.2 Å². The molecule has 152 valence electrons. The van der Waals surface area contributed by atoms with Crippen LogP contribution in [-0.4, -0.2) is 34.8 Å². The molecular formula is C23H25NO5. The van der Waals surface area contributed by atoms with E-state index in [-0.39, 0.29) is 17.4 Å². The average Bonchev–Trinajstić information content (AvgIpc) is 3.29. The third-order valence-electron chi connectivity index (χ3n) is 5.84. The number of nitrogens with zero attached hydrogens (tertiary/aromatic N) is 1. The third-order valence-corrected chi connectivity index (χ3v) is 5.84. The van der Waals surface area contributed by atoms with Gasteiger partial charge in [0.1, 0.15) is 29.1 Å². The van der Waals surface area contributed by atoms with Gasteiger partial charge in [-0.2, -0.15) is 0 Å². The fraction of sp³-hybridized carbons (Fsp3) is 0.391. The van der Waals surface area contributed by atoms with Gasteiger partial charge in [0.15, 0.2) is 0 Å². The number of benzene rings is 1. The average molecular weight is 395 g/mol. The number of hydrogen-bond acceptors (Lipinski definition) is 5. The highest BCUT2D eigenvalue weighted by molar-refractivity contribution is 6.46. The van der Waals surface area contributed by atoms with E-state index < -0.39 is 17.7 Å². The Morgan fingerprint density at radius 1 is 1.07 bits per heavy atom. The van der Waals surface area contributed by atoms with Gasteiger partial charge in [-0.1, -0.05) is 19.3 Å². The molecule has 2 heterocycles. The van der Waals surface area contributed by atoms with E-state index in [2.05, 4.69) is 0 Å². The second-order valence-electron chi connectivity index (χ2n) is 7.68. The van der Waals surface area contributed by atoms with Crippen molar-refractivity contribution in [3.63, 3.8) is 0 Å². The molecule has 0 radical (unpaired) electrons. The minimum Gasteiger partial charge on any atom is -0.507 e. The molecule has 0 bridgehead atoms. The van der Waals surface area contributed by atoms with Crippen LogP contribution in [0, 0.1) is 6.92 Å². The summed E-state index contributed by atoms with van der Waals surface area (Å²) < 4.78 is 11.0. The number of aliphatic hydroxyl groups excluding tert-OH is 1. The van der Waals surface area contributed by atoms with Crippen LogP contribution in [0.3, 0.4) is 0 Å². The molecule has 1 saturated heterocycles. The fourth-order valence-corrected chi connectivity index (χ4v) is 4.37. The van der Waals surface area contributed by atoms with Crippen molar-refractivity contribution in [2.45, 2.75) is 51.1 Å². The van der Waals surface area contributed by atoms with E-state index in [1.165, 1.54) is 0 Å². The molecule has 2 aliphatic rings. The highest BCUT2D eigenvalue weighted by Crippen LogP contribution is 2.43. The summed E-state index contributed by atoms with van der Waals surface area (Å²) in [4.78, 5) is 27.7. The zero-order chi connectivity index (χ0) is 20.5. The Morgan fingerprint density at radius 2 is 1.76 bits per heavy atom. The standard InChI is InChI=1S/C23H25NO5/c1-14-8-13-18(29-14)20-19(21(25)15-9-11-17(28-2)12-10-15)22(26)23(27)24(20)16-6-4-3-5-7-16/h8-13,16,20,25H,3-7H2,1-2H3/b21-19-. The van der Waals surface area contributed by atoms with E-state index in [1.807, 2.05) is 13.0 Å². The minimum absolute atomic E-state index is 0.0308. The van der Waals surface area contributed by atoms with Crippen LogP contribution in [0.15, 0.2) is 46.4 Å². The van der Waals surface area contributed by atoms with Gasteiger partial charge in [0.25, 0.3) is 11.7 Å². The SMILES string of the molecule is COc1ccc(/C(O)=C2/C(=O)C(=O)N(C3CCCCC3)C2c2ccc(C)o2)cc1. The number of aryl methyl sites for hydroxylation is 1. The van der Waals surface area contributed by atoms with Crippen LogP contribution in [-0.2, 0) is 9.59 Å². The molecule has 1 unspecified atom stereocenters. The van der Waals surface area contributed by atoms with Crippen LogP contribution in [0.25, 0.3) is 5.76 Å². The zero-order valence-corrected chi connectivity index (χ0v) is 16.7. The lowest BCUT2D eigenvalue weighted by molar-refractivity contribution is -0.142. The number of amides is 1. The maximum Gasteiger partial charge on any atom is 0.296 e. The number of ketones is 1. The Labute approximate surface area is 169 Å². The molecule has 1 atom stereocenters. The van der Waals surface area contributed by atoms with Crippen molar-refractivity contribution < 1.29 is 23.8 Å². The van der Waals surface area contributed by atoms with Crippen molar-refractivity contribution in [3.05, 3.63) is 59.1 Å². The van der Waals surface area contributed by atoms with Crippen molar-refractivity contribution >= 4 is 17.4 Å². The Morgan fingerprint density at radius 3 is 2.34 bits per heavy atom. The number of furan rings is 1. The maximum absolute atomic E-state index is 13.0. The molecule has 0 spiro atoms. The molecule has 1 saturated carbocycles. The Hall–Kier alpha value is -3.02. The highest BCUT2D eigenvalue weighted by Gasteiger charge is 2.50. The van der Waals surface area contributed by atoms with E-state index in [1.54, 1.807) is 42.3 Å².